The number of amides is 1. The van der Waals surface area contributed by atoms with Crippen molar-refractivity contribution in [2.24, 2.45) is 0 Å². The van der Waals surface area contributed by atoms with Crippen LogP contribution >= 0.6 is 0 Å². The third-order valence-electron chi connectivity index (χ3n) is 4.11. The predicted molar refractivity (Wildman–Crippen MR) is 82.8 cm³/mol. The van der Waals surface area contributed by atoms with Gasteiger partial charge in [0.15, 0.2) is 0 Å². The zero-order chi connectivity index (χ0) is 15.3. The highest BCUT2D eigenvalue weighted by Gasteiger charge is 2.60. The van der Waals surface area contributed by atoms with E-state index in [1.165, 1.54) is 12.0 Å². The largest absolute Gasteiger partial charge is 0.443 e. The van der Waals surface area contributed by atoms with Gasteiger partial charge in [-0.3, -0.25) is 4.90 Å². The molecule has 1 saturated carbocycles. The highest BCUT2D eigenvalue weighted by Crippen LogP contribution is 2.62. The van der Waals surface area contributed by atoms with Gasteiger partial charge in [0.25, 0.3) is 0 Å². The summed E-state index contributed by atoms with van der Waals surface area (Å²) in [6.45, 7) is 6.44. The Kier molecular flexibility index (Phi) is 3.37. The van der Waals surface area contributed by atoms with Gasteiger partial charge in [-0.05, 0) is 50.4 Å². The number of nitrogens with zero attached hydrogens (tertiary/aromatic N) is 1. The summed E-state index contributed by atoms with van der Waals surface area (Å²) in [5, 5.41) is 0. The van der Waals surface area contributed by atoms with Crippen LogP contribution in [0.1, 0.15) is 32.8 Å². The summed E-state index contributed by atoms with van der Waals surface area (Å²) in [4.78, 5) is 13.7. The second-order valence-corrected chi connectivity index (χ2v) is 8.13. The summed E-state index contributed by atoms with van der Waals surface area (Å²) in [6, 6.07) is 8.20. The minimum Gasteiger partial charge on any atom is -0.443 e. The second kappa shape index (κ2) is 4.85. The van der Waals surface area contributed by atoms with E-state index in [1.807, 2.05) is 32.9 Å². The highest BCUT2D eigenvalue weighted by molar-refractivity contribution is 6.33. The summed E-state index contributed by atoms with van der Waals surface area (Å²) in [5.74, 6) is 0. The molecule has 1 aromatic carbocycles. The molecule has 0 spiro atoms. The minimum atomic E-state index is -0.482. The number of hydrogen-bond donors (Lipinski definition) is 0. The Balaban J connectivity index is 1.78. The molecule has 1 aliphatic heterocycles. The molecule has 0 aromatic heterocycles. The first-order valence-electron chi connectivity index (χ1n) is 7.26. The maximum Gasteiger partial charge on any atom is 0.414 e. The van der Waals surface area contributed by atoms with Crippen LogP contribution in [-0.4, -0.2) is 35.1 Å². The van der Waals surface area contributed by atoms with Crippen LogP contribution in [0.5, 0.6) is 0 Å². The molecule has 1 heterocycles. The Labute approximate surface area is 128 Å². The second-order valence-electron chi connectivity index (χ2n) is 6.91. The first kappa shape index (κ1) is 14.6. The third-order valence-corrected chi connectivity index (χ3v) is 5.46. The summed E-state index contributed by atoms with van der Waals surface area (Å²) >= 11 is 0. The van der Waals surface area contributed by atoms with Crippen LogP contribution in [-0.2, 0) is 14.6 Å². The zero-order valence-electron chi connectivity index (χ0n) is 13.0. The van der Waals surface area contributed by atoms with Crippen LogP contribution in [0.15, 0.2) is 24.3 Å². The molecule has 4 nitrogen and oxygen atoms in total. The van der Waals surface area contributed by atoms with Crippen LogP contribution in [0.2, 0.25) is 5.54 Å². The summed E-state index contributed by atoms with van der Waals surface area (Å²) < 4.78 is 11.0. The lowest BCUT2D eigenvalue weighted by molar-refractivity contribution is 0.0589. The number of carbonyl (C=O) groups is 1. The maximum absolute atomic E-state index is 12.2. The van der Waals surface area contributed by atoms with E-state index < -0.39 is 5.60 Å². The Morgan fingerprint density at radius 1 is 1.48 bits per heavy atom. The standard InChI is InChI=1S/C16H21NO3Si/c1-15(2,3)20-14(18)17(4)12-7-5-6-11(8-12)16-9-13(16)21-19-10-16/h5-8,13H,9-10H2,1-4H3/t13?,16-/m0/s1. The van der Waals surface area contributed by atoms with E-state index in [2.05, 4.69) is 12.1 Å². The summed E-state index contributed by atoms with van der Waals surface area (Å²) in [6.07, 6.45) is 0.888. The molecule has 1 aromatic rings. The number of fused-ring (bicyclic) bond motifs is 1. The van der Waals surface area contributed by atoms with Gasteiger partial charge < -0.3 is 9.16 Å². The van der Waals surface area contributed by atoms with E-state index in [0.717, 1.165) is 12.3 Å². The molecule has 0 N–H and O–H groups in total. The molecule has 2 fully saturated rings. The fourth-order valence-corrected chi connectivity index (χ4v) is 4.22. The quantitative estimate of drug-likeness (QED) is 0.788. The van der Waals surface area contributed by atoms with Gasteiger partial charge in [-0.15, -0.1) is 0 Å². The number of benzene rings is 1. The smallest absolute Gasteiger partial charge is 0.414 e. The van der Waals surface area contributed by atoms with Gasteiger partial charge in [0, 0.05) is 24.8 Å². The van der Waals surface area contributed by atoms with Crippen molar-refractivity contribution in [2.45, 2.75) is 43.7 Å². The first-order chi connectivity index (χ1) is 9.82. The minimum absolute atomic E-state index is 0.212. The lowest BCUT2D eigenvalue weighted by Gasteiger charge is -2.25. The predicted octanol–water partition coefficient (Wildman–Crippen LogP) is 3.14. The molecule has 2 aliphatic rings. The monoisotopic (exact) mass is 303 g/mol. The Hall–Kier alpha value is -1.33. The van der Waals surface area contributed by atoms with Crippen molar-refractivity contribution >= 4 is 21.5 Å². The van der Waals surface area contributed by atoms with E-state index in [-0.39, 0.29) is 11.5 Å². The average molecular weight is 303 g/mol. The number of ether oxygens (including phenoxy) is 1. The fourth-order valence-electron chi connectivity index (χ4n) is 2.75. The Morgan fingerprint density at radius 2 is 2.24 bits per heavy atom. The van der Waals surface area contributed by atoms with Gasteiger partial charge in [-0.2, -0.15) is 0 Å². The van der Waals surface area contributed by atoms with Crippen molar-refractivity contribution in [1.29, 1.82) is 0 Å². The molecule has 1 saturated heterocycles. The van der Waals surface area contributed by atoms with Gasteiger partial charge in [-0.1, -0.05) is 12.1 Å². The molecular weight excluding hydrogens is 282 g/mol. The SMILES string of the molecule is CN(C(=O)OC(C)(C)C)c1cccc([C@]23CO[Si]C2C3)c1. The van der Waals surface area contributed by atoms with Crippen molar-refractivity contribution in [3.05, 3.63) is 29.8 Å². The van der Waals surface area contributed by atoms with Crippen LogP contribution in [0.4, 0.5) is 10.5 Å². The average Bonchev–Trinajstić information content (AvgIpc) is 2.98. The molecule has 5 heteroatoms. The molecule has 2 radical (unpaired) electrons. The third kappa shape index (κ3) is 2.72. The summed E-state index contributed by atoms with van der Waals surface area (Å²) in [7, 11) is 2.38. The van der Waals surface area contributed by atoms with Crippen molar-refractivity contribution in [1.82, 2.24) is 0 Å². The molecule has 112 valence electrons. The van der Waals surface area contributed by atoms with E-state index in [1.54, 1.807) is 11.9 Å². The van der Waals surface area contributed by atoms with Gasteiger partial charge in [0.2, 0.25) is 9.76 Å². The Morgan fingerprint density at radius 3 is 2.81 bits per heavy atom. The normalized spacial score (nSPS) is 27.1. The van der Waals surface area contributed by atoms with Crippen LogP contribution < -0.4 is 4.90 Å². The topological polar surface area (TPSA) is 38.8 Å². The van der Waals surface area contributed by atoms with Gasteiger partial charge in [0.1, 0.15) is 5.60 Å². The van der Waals surface area contributed by atoms with E-state index in [9.17, 15) is 4.79 Å². The number of hydrogen-bond acceptors (Lipinski definition) is 3. The molecule has 0 bridgehead atoms. The van der Waals surface area contributed by atoms with Gasteiger partial charge in [0.05, 0.1) is 0 Å². The van der Waals surface area contributed by atoms with Gasteiger partial charge >= 0.3 is 6.09 Å². The number of carbonyl (C=O) groups excluding carboxylic acids is 1. The van der Waals surface area contributed by atoms with E-state index >= 15 is 0 Å². The first-order valence-corrected chi connectivity index (χ1v) is 8.25. The van der Waals surface area contributed by atoms with E-state index in [0.29, 0.717) is 15.3 Å². The van der Waals surface area contributed by atoms with Crippen molar-refractivity contribution in [3.8, 4) is 0 Å². The molecular formula is C16H21NO3Si. The van der Waals surface area contributed by atoms with E-state index in [4.69, 9.17) is 9.16 Å². The van der Waals surface area contributed by atoms with Crippen LogP contribution in [0.3, 0.4) is 0 Å². The molecule has 21 heavy (non-hydrogen) atoms. The highest BCUT2D eigenvalue weighted by atomic mass is 28.2. The molecule has 3 rings (SSSR count). The maximum atomic E-state index is 12.2. The van der Waals surface area contributed by atoms with Crippen molar-refractivity contribution < 1.29 is 14.0 Å². The van der Waals surface area contributed by atoms with Gasteiger partial charge in [-0.25, -0.2) is 4.79 Å². The molecule has 1 amide bonds. The molecule has 1 unspecified atom stereocenters. The van der Waals surface area contributed by atoms with Crippen molar-refractivity contribution in [3.63, 3.8) is 0 Å². The van der Waals surface area contributed by atoms with Crippen molar-refractivity contribution in [2.75, 3.05) is 18.6 Å². The van der Waals surface area contributed by atoms with Crippen LogP contribution in [0.25, 0.3) is 0 Å². The number of rotatable bonds is 2. The fraction of sp³-hybridized carbons (Fsp3) is 0.562. The zero-order valence-corrected chi connectivity index (χ0v) is 14.0. The molecule has 2 atom stereocenters. The molecule has 1 aliphatic carbocycles. The Bertz CT molecular complexity index is 569. The van der Waals surface area contributed by atoms with Crippen LogP contribution in [0, 0.1) is 0 Å². The lowest BCUT2D eigenvalue weighted by Crippen LogP contribution is -2.34. The summed E-state index contributed by atoms with van der Waals surface area (Å²) in [5.41, 5.74) is 2.56. The number of anilines is 1. The lowest BCUT2D eigenvalue weighted by atomic mass is 9.96.